The van der Waals surface area contributed by atoms with Crippen LogP contribution in [0.25, 0.3) is 0 Å². The lowest BCUT2D eigenvalue weighted by atomic mass is 10.0. The number of unbranched alkanes of at least 4 members (excludes halogenated alkanes) is 44. The number of rotatable bonds is 72. The van der Waals surface area contributed by atoms with Crippen LogP contribution in [0, 0.1) is 5.92 Å². The van der Waals surface area contributed by atoms with E-state index in [0.717, 1.165) is 102 Å². The van der Waals surface area contributed by atoms with Gasteiger partial charge in [-0.05, 0) is 31.6 Å². The highest BCUT2D eigenvalue weighted by atomic mass is 31.2. The van der Waals surface area contributed by atoms with E-state index >= 15 is 0 Å². The zero-order valence-electron chi connectivity index (χ0n) is 59.0. The molecular weight excluding hydrogens is 1200 g/mol. The number of hydrogen-bond donors (Lipinski definition) is 3. The molecule has 0 saturated heterocycles. The van der Waals surface area contributed by atoms with Crippen LogP contribution < -0.4 is 0 Å². The van der Waals surface area contributed by atoms with Crippen LogP contribution in [0.3, 0.4) is 0 Å². The highest BCUT2D eigenvalue weighted by Gasteiger charge is 2.30. The molecule has 0 rings (SSSR count). The van der Waals surface area contributed by atoms with Crippen LogP contribution in [0.2, 0.25) is 0 Å². The van der Waals surface area contributed by atoms with Crippen LogP contribution in [0.5, 0.6) is 0 Å². The molecule has 0 heterocycles. The molecule has 0 aromatic heterocycles. The van der Waals surface area contributed by atoms with Crippen molar-refractivity contribution in [2.45, 2.75) is 393 Å². The molecule has 19 heteroatoms. The molecule has 5 atom stereocenters. The fraction of sp³-hybridized carbons (Fsp3) is 0.944. The maximum absolute atomic E-state index is 13.0. The lowest BCUT2D eigenvalue weighted by Crippen LogP contribution is -2.30. The Balaban J connectivity index is 5.14. The molecule has 0 aromatic rings. The van der Waals surface area contributed by atoms with Crippen molar-refractivity contribution in [3.05, 3.63) is 0 Å². The van der Waals surface area contributed by atoms with Crippen molar-refractivity contribution in [3.63, 3.8) is 0 Å². The Hall–Kier alpha value is -1.94. The molecule has 0 saturated carbocycles. The molecule has 0 fully saturated rings. The van der Waals surface area contributed by atoms with Crippen molar-refractivity contribution in [2.24, 2.45) is 5.92 Å². The molecule has 0 aromatic carbocycles. The number of aliphatic hydroxyl groups excluding tert-OH is 1. The summed E-state index contributed by atoms with van der Waals surface area (Å²) < 4.78 is 68.2. The van der Waals surface area contributed by atoms with E-state index in [1.54, 1.807) is 0 Å². The summed E-state index contributed by atoms with van der Waals surface area (Å²) in [4.78, 5) is 72.4. The second-order valence-electron chi connectivity index (χ2n) is 26.5. The number of phosphoric ester groups is 2. The molecule has 17 nitrogen and oxygen atoms in total. The summed E-state index contributed by atoms with van der Waals surface area (Å²) in [7, 11) is -9.89. The maximum Gasteiger partial charge on any atom is 0.472 e. The van der Waals surface area contributed by atoms with Gasteiger partial charge in [0.05, 0.1) is 26.4 Å². The highest BCUT2D eigenvalue weighted by molar-refractivity contribution is 7.47. The van der Waals surface area contributed by atoms with Crippen molar-refractivity contribution < 1.29 is 80.2 Å². The van der Waals surface area contributed by atoms with E-state index in [1.807, 2.05) is 0 Å². The van der Waals surface area contributed by atoms with Gasteiger partial charge in [0.15, 0.2) is 12.2 Å². The monoisotopic (exact) mass is 1340 g/mol. The Morgan fingerprint density at radius 2 is 0.505 bits per heavy atom. The lowest BCUT2D eigenvalue weighted by molar-refractivity contribution is -0.161. The third-order valence-electron chi connectivity index (χ3n) is 16.8. The number of hydrogen-bond acceptors (Lipinski definition) is 15. The quantitative estimate of drug-likeness (QED) is 0.0222. The summed E-state index contributed by atoms with van der Waals surface area (Å²) in [6.07, 6.45) is 52.8. The van der Waals surface area contributed by atoms with Crippen LogP contribution in [0.15, 0.2) is 0 Å². The van der Waals surface area contributed by atoms with Gasteiger partial charge in [0.25, 0.3) is 0 Å². The fourth-order valence-corrected chi connectivity index (χ4v) is 12.6. The minimum atomic E-state index is -4.95. The smallest absolute Gasteiger partial charge is 0.462 e. The predicted molar refractivity (Wildman–Crippen MR) is 368 cm³/mol. The Bertz CT molecular complexity index is 1750. The van der Waals surface area contributed by atoms with Crippen LogP contribution >= 0.6 is 15.6 Å². The topological polar surface area (TPSA) is 237 Å². The summed E-state index contributed by atoms with van der Waals surface area (Å²) >= 11 is 0. The van der Waals surface area contributed by atoms with Gasteiger partial charge in [0, 0.05) is 25.7 Å². The van der Waals surface area contributed by atoms with E-state index in [9.17, 15) is 43.2 Å². The van der Waals surface area contributed by atoms with Gasteiger partial charge in [-0.25, -0.2) is 9.13 Å². The van der Waals surface area contributed by atoms with Crippen molar-refractivity contribution in [3.8, 4) is 0 Å². The largest absolute Gasteiger partial charge is 0.472 e. The molecule has 0 aliphatic heterocycles. The van der Waals surface area contributed by atoms with E-state index in [0.29, 0.717) is 25.7 Å². The summed E-state index contributed by atoms with van der Waals surface area (Å²) in [5, 5.41) is 10.6. The molecule has 0 aliphatic carbocycles. The lowest BCUT2D eigenvalue weighted by Gasteiger charge is -2.21. The first-order valence-corrected chi connectivity index (χ1v) is 40.6. The van der Waals surface area contributed by atoms with E-state index in [4.69, 9.17) is 37.0 Å². The molecule has 2 unspecified atom stereocenters. The zero-order chi connectivity index (χ0) is 67.0. The number of carbonyl (C=O) groups excluding carboxylic acids is 4. The Kier molecular flexibility index (Phi) is 64.0. The molecule has 3 N–H and O–H groups in total. The van der Waals surface area contributed by atoms with Gasteiger partial charge in [0.2, 0.25) is 0 Å². The molecule has 0 radical (unpaired) electrons. The molecule has 0 bridgehead atoms. The normalized spacial score (nSPS) is 14.0. The third kappa shape index (κ3) is 66.5. The second kappa shape index (κ2) is 65.4. The maximum atomic E-state index is 13.0. The first-order valence-electron chi connectivity index (χ1n) is 37.6. The second-order valence-corrected chi connectivity index (χ2v) is 29.4. The zero-order valence-corrected chi connectivity index (χ0v) is 60.8. The molecule has 0 amide bonds. The van der Waals surface area contributed by atoms with Crippen LogP contribution in [0.1, 0.15) is 375 Å². The van der Waals surface area contributed by atoms with E-state index in [2.05, 4.69) is 34.6 Å². The summed E-state index contributed by atoms with van der Waals surface area (Å²) in [6.45, 7) is 7.25. The number of phosphoric acid groups is 2. The summed E-state index contributed by atoms with van der Waals surface area (Å²) in [6, 6.07) is 0. The van der Waals surface area contributed by atoms with Crippen LogP contribution in [-0.2, 0) is 65.4 Å². The van der Waals surface area contributed by atoms with Crippen molar-refractivity contribution in [1.82, 2.24) is 0 Å². The Morgan fingerprint density at radius 3 is 0.747 bits per heavy atom. The first kappa shape index (κ1) is 89.1. The summed E-state index contributed by atoms with van der Waals surface area (Å²) in [5.41, 5.74) is 0. The number of ether oxygens (including phenoxy) is 4. The SMILES string of the molecule is CCCCCCCCCCCCCCCC(=O)OC[C@H](COP(=O)(O)OC[C@@H](O)COP(=O)(O)OC[C@@H](COC(=O)CCCCCCCCCC)OC(=O)CCCCCCCCCCC)OC(=O)CCCCCCCCCCCCCCCCCCCCC(C)C. The van der Waals surface area contributed by atoms with Gasteiger partial charge in [-0.2, -0.15) is 0 Å². The van der Waals surface area contributed by atoms with Crippen molar-refractivity contribution in [2.75, 3.05) is 39.6 Å². The standard InChI is InChI=1S/C72H140O17P2/c1-6-9-12-15-18-21-22-29-33-37-41-46-51-56-70(75)83-62-68(89-72(77)58-53-48-43-38-34-31-28-26-24-23-25-27-30-32-36-39-44-49-54-65(4)5)64-87-91(80,81)85-60-66(73)59-84-90(78,79)86-63-67(61-82-69(74)55-50-45-40-20-17-14-11-8-3)88-71(76)57-52-47-42-35-19-16-13-10-7-2/h65-68,73H,6-64H2,1-5H3,(H,78,79)(H,80,81)/t66-,67+,68+/m0/s1. The fourth-order valence-electron chi connectivity index (χ4n) is 11.0. The predicted octanol–water partition coefficient (Wildman–Crippen LogP) is 20.9. The van der Waals surface area contributed by atoms with Gasteiger partial charge in [-0.15, -0.1) is 0 Å². The van der Waals surface area contributed by atoms with Gasteiger partial charge < -0.3 is 33.8 Å². The number of esters is 4. The van der Waals surface area contributed by atoms with Gasteiger partial charge >= 0.3 is 39.5 Å². The third-order valence-corrected chi connectivity index (χ3v) is 18.7. The van der Waals surface area contributed by atoms with E-state index < -0.39 is 97.5 Å². The van der Waals surface area contributed by atoms with Crippen molar-refractivity contribution >= 4 is 39.5 Å². The minimum absolute atomic E-state index is 0.106. The van der Waals surface area contributed by atoms with E-state index in [-0.39, 0.29) is 25.7 Å². The molecule has 0 aliphatic rings. The van der Waals surface area contributed by atoms with Gasteiger partial charge in [-0.1, -0.05) is 324 Å². The molecular formula is C72H140O17P2. The first-order chi connectivity index (χ1) is 44.0. The average Bonchev–Trinajstić information content (AvgIpc) is 3.68. The average molecular weight is 1340 g/mol. The highest BCUT2D eigenvalue weighted by Crippen LogP contribution is 2.45. The minimum Gasteiger partial charge on any atom is -0.462 e. The van der Waals surface area contributed by atoms with Crippen LogP contribution in [-0.4, -0.2) is 96.7 Å². The number of aliphatic hydroxyl groups is 1. The van der Waals surface area contributed by atoms with Crippen LogP contribution in [0.4, 0.5) is 0 Å². The van der Waals surface area contributed by atoms with Crippen molar-refractivity contribution in [1.29, 1.82) is 0 Å². The molecule has 540 valence electrons. The number of carbonyl (C=O) groups is 4. The molecule has 91 heavy (non-hydrogen) atoms. The Labute approximate surface area is 556 Å². The summed E-state index contributed by atoms with van der Waals surface area (Å²) in [5.74, 6) is -1.30. The Morgan fingerprint density at radius 1 is 0.297 bits per heavy atom. The van der Waals surface area contributed by atoms with Gasteiger partial charge in [0.1, 0.15) is 19.3 Å². The van der Waals surface area contributed by atoms with Gasteiger partial charge in [-0.3, -0.25) is 37.3 Å². The molecule has 0 spiro atoms. The van der Waals surface area contributed by atoms with E-state index in [1.165, 1.54) is 193 Å².